The summed E-state index contributed by atoms with van der Waals surface area (Å²) in [5.74, 6) is 0. The van der Waals surface area contributed by atoms with Gasteiger partial charge in [-0.1, -0.05) is 48.5 Å². The molecule has 3 aromatic rings. The summed E-state index contributed by atoms with van der Waals surface area (Å²) in [5.41, 5.74) is 1.24. The number of rotatable bonds is 2. The highest BCUT2D eigenvalue weighted by Crippen LogP contribution is 2.27. The van der Waals surface area contributed by atoms with Crippen LogP contribution in [0.15, 0.2) is 59.7 Å². The fourth-order valence-corrected chi connectivity index (χ4v) is 3.32. The van der Waals surface area contributed by atoms with Crippen LogP contribution in [-0.4, -0.2) is 24.3 Å². The minimum absolute atomic E-state index is 1.08. The Morgan fingerprint density at radius 3 is 2.00 bits per heavy atom. The Kier molecular flexibility index (Phi) is 3.51. The number of benzene rings is 3. The van der Waals surface area contributed by atoms with Crippen molar-refractivity contribution < 1.29 is 0 Å². The Balaban J connectivity index is 1.86. The zero-order chi connectivity index (χ0) is 14.8. The van der Waals surface area contributed by atoms with Gasteiger partial charge in [-0.25, -0.2) is 0 Å². The van der Waals surface area contributed by atoms with Crippen LogP contribution in [0.3, 0.4) is 0 Å². The highest BCUT2D eigenvalue weighted by molar-refractivity contribution is 6.13. The molecule has 0 N–H and O–H groups in total. The molecule has 0 radical (unpaired) electrons. The molecule has 0 saturated carbocycles. The molecule has 22 heavy (non-hydrogen) atoms. The third-order valence-corrected chi connectivity index (χ3v) is 4.50. The third kappa shape index (κ3) is 2.45. The Morgan fingerprint density at radius 2 is 1.36 bits per heavy atom. The monoisotopic (exact) mass is 288 g/mol. The van der Waals surface area contributed by atoms with Crippen LogP contribution < -0.4 is 0 Å². The third-order valence-electron chi connectivity index (χ3n) is 4.50. The molecule has 1 aliphatic rings. The van der Waals surface area contributed by atoms with Crippen molar-refractivity contribution in [1.82, 2.24) is 5.01 Å². The lowest BCUT2D eigenvalue weighted by molar-refractivity contribution is 0.240. The molecular formula is C20H20N2. The molecule has 1 saturated heterocycles. The Labute approximate surface area is 131 Å². The van der Waals surface area contributed by atoms with E-state index >= 15 is 0 Å². The second-order valence-electron chi connectivity index (χ2n) is 5.99. The lowest BCUT2D eigenvalue weighted by Crippen LogP contribution is -2.24. The van der Waals surface area contributed by atoms with Gasteiger partial charge in [0.1, 0.15) is 0 Å². The number of nitrogens with zero attached hydrogens (tertiary/aromatic N) is 2. The molecule has 0 atom stereocenters. The lowest BCUT2D eigenvalue weighted by atomic mass is 9.97. The number of hydrogen-bond donors (Lipinski definition) is 0. The molecule has 0 aliphatic carbocycles. The molecule has 1 fully saturated rings. The summed E-state index contributed by atoms with van der Waals surface area (Å²) in [6, 6.07) is 19.4. The molecular weight excluding hydrogens is 268 g/mol. The van der Waals surface area contributed by atoms with Gasteiger partial charge in [-0.3, -0.25) is 5.01 Å². The highest BCUT2D eigenvalue weighted by Gasteiger charge is 2.08. The first kappa shape index (κ1) is 13.3. The number of hydrazone groups is 1. The molecule has 4 rings (SSSR count). The summed E-state index contributed by atoms with van der Waals surface area (Å²) in [4.78, 5) is 0. The van der Waals surface area contributed by atoms with E-state index in [0.29, 0.717) is 0 Å². The average Bonchev–Trinajstić information content (AvgIpc) is 2.59. The molecule has 0 spiro atoms. The second kappa shape index (κ2) is 5.80. The van der Waals surface area contributed by atoms with Crippen molar-refractivity contribution in [2.75, 3.05) is 13.1 Å². The van der Waals surface area contributed by atoms with Gasteiger partial charge < -0.3 is 0 Å². The minimum atomic E-state index is 1.08. The first-order chi connectivity index (χ1) is 10.9. The topological polar surface area (TPSA) is 15.6 Å². The predicted molar refractivity (Wildman–Crippen MR) is 94.5 cm³/mol. The Morgan fingerprint density at radius 1 is 0.773 bits per heavy atom. The van der Waals surface area contributed by atoms with Crippen LogP contribution in [-0.2, 0) is 0 Å². The quantitative estimate of drug-likeness (QED) is 0.488. The fraction of sp³-hybridized carbons (Fsp3) is 0.250. The summed E-state index contributed by atoms with van der Waals surface area (Å²) >= 11 is 0. The minimum Gasteiger partial charge on any atom is -0.297 e. The summed E-state index contributed by atoms with van der Waals surface area (Å²) in [5, 5.41) is 12.1. The fourth-order valence-electron chi connectivity index (χ4n) is 3.32. The van der Waals surface area contributed by atoms with Crippen molar-refractivity contribution in [1.29, 1.82) is 0 Å². The summed E-state index contributed by atoms with van der Waals surface area (Å²) in [6.07, 6.45) is 5.92. The number of fused-ring (bicyclic) bond motifs is 2. The molecule has 0 bridgehead atoms. The van der Waals surface area contributed by atoms with E-state index in [1.54, 1.807) is 0 Å². The average molecular weight is 288 g/mol. The normalized spacial score (nSPS) is 15.9. The van der Waals surface area contributed by atoms with Crippen LogP contribution in [0.1, 0.15) is 24.8 Å². The first-order valence-electron chi connectivity index (χ1n) is 8.11. The zero-order valence-electron chi connectivity index (χ0n) is 12.7. The summed E-state index contributed by atoms with van der Waals surface area (Å²) < 4.78 is 0. The smallest absolute Gasteiger partial charge is 0.0555 e. The van der Waals surface area contributed by atoms with Gasteiger partial charge in [0.2, 0.25) is 0 Å². The van der Waals surface area contributed by atoms with E-state index in [2.05, 4.69) is 65.8 Å². The van der Waals surface area contributed by atoms with Crippen LogP contribution >= 0.6 is 0 Å². The van der Waals surface area contributed by atoms with Crippen LogP contribution in [0.4, 0.5) is 0 Å². The van der Waals surface area contributed by atoms with E-state index in [-0.39, 0.29) is 0 Å². The van der Waals surface area contributed by atoms with E-state index in [9.17, 15) is 0 Å². The van der Waals surface area contributed by atoms with E-state index in [1.165, 1.54) is 46.4 Å². The van der Waals surface area contributed by atoms with Gasteiger partial charge in [-0.05, 0) is 46.9 Å². The van der Waals surface area contributed by atoms with Gasteiger partial charge in [0.25, 0.3) is 0 Å². The Hall–Kier alpha value is -2.35. The van der Waals surface area contributed by atoms with Gasteiger partial charge >= 0.3 is 0 Å². The standard InChI is InChI=1S/C20H20N2/c1-6-12-22(13-7-1)21-15-20-18-10-4-2-8-16(18)14-17-9-3-5-11-19(17)20/h2-5,8-11,14-15H,1,6-7,12-13H2. The van der Waals surface area contributed by atoms with Crippen molar-refractivity contribution in [3.63, 3.8) is 0 Å². The largest absolute Gasteiger partial charge is 0.297 e. The van der Waals surface area contributed by atoms with E-state index < -0.39 is 0 Å². The zero-order valence-corrected chi connectivity index (χ0v) is 12.7. The van der Waals surface area contributed by atoms with Gasteiger partial charge in [0, 0.05) is 18.7 Å². The number of hydrogen-bond acceptors (Lipinski definition) is 2. The second-order valence-corrected chi connectivity index (χ2v) is 5.99. The summed E-state index contributed by atoms with van der Waals surface area (Å²) in [6.45, 7) is 2.17. The Bertz CT molecular complexity index is 775. The molecule has 0 amide bonds. The predicted octanol–water partition coefficient (Wildman–Crippen LogP) is 4.81. The first-order valence-corrected chi connectivity index (χ1v) is 8.11. The maximum Gasteiger partial charge on any atom is 0.0555 e. The maximum absolute atomic E-state index is 4.76. The highest BCUT2D eigenvalue weighted by atomic mass is 15.4. The van der Waals surface area contributed by atoms with Crippen molar-refractivity contribution in [3.8, 4) is 0 Å². The van der Waals surface area contributed by atoms with Crippen LogP contribution in [0.5, 0.6) is 0 Å². The van der Waals surface area contributed by atoms with Gasteiger partial charge in [-0.15, -0.1) is 0 Å². The molecule has 2 nitrogen and oxygen atoms in total. The molecule has 1 aliphatic heterocycles. The lowest BCUT2D eigenvalue weighted by Gasteiger charge is -2.23. The SMILES string of the molecule is C(=NN1CCCCC1)c1c2ccccc2cc2ccccc12. The van der Waals surface area contributed by atoms with E-state index in [0.717, 1.165) is 13.1 Å². The van der Waals surface area contributed by atoms with Gasteiger partial charge in [0.05, 0.1) is 6.21 Å². The van der Waals surface area contributed by atoms with E-state index in [4.69, 9.17) is 5.10 Å². The van der Waals surface area contributed by atoms with E-state index in [1.807, 2.05) is 0 Å². The number of piperidine rings is 1. The van der Waals surface area contributed by atoms with Crippen molar-refractivity contribution in [2.24, 2.45) is 5.10 Å². The molecule has 3 aromatic carbocycles. The molecule has 0 unspecified atom stereocenters. The molecule has 0 aromatic heterocycles. The summed E-state index contributed by atoms with van der Waals surface area (Å²) in [7, 11) is 0. The molecule has 1 heterocycles. The van der Waals surface area contributed by atoms with Crippen molar-refractivity contribution in [2.45, 2.75) is 19.3 Å². The van der Waals surface area contributed by atoms with Crippen molar-refractivity contribution in [3.05, 3.63) is 60.2 Å². The van der Waals surface area contributed by atoms with Crippen LogP contribution in [0.2, 0.25) is 0 Å². The maximum atomic E-state index is 4.76. The van der Waals surface area contributed by atoms with Crippen molar-refractivity contribution >= 4 is 27.8 Å². The molecule has 110 valence electrons. The van der Waals surface area contributed by atoms with Crippen LogP contribution in [0.25, 0.3) is 21.5 Å². The van der Waals surface area contributed by atoms with Crippen LogP contribution in [0, 0.1) is 0 Å². The van der Waals surface area contributed by atoms with Gasteiger partial charge in [0.15, 0.2) is 0 Å². The van der Waals surface area contributed by atoms with Gasteiger partial charge in [-0.2, -0.15) is 5.10 Å². The molecule has 2 heteroatoms.